The minimum Gasteiger partial charge on any atom is -0.860 e. The fraction of sp³-hybridized carbons (Fsp3) is 0. The fourth-order valence-electron chi connectivity index (χ4n) is 0.610. The average molecular weight is 402 g/mol. The molecule has 3 nitrogen and oxygen atoms in total. The van der Waals surface area contributed by atoms with Crippen LogP contribution in [0.15, 0.2) is 30.3 Å². The second kappa shape index (κ2) is 10.6. The van der Waals surface area contributed by atoms with Crippen LogP contribution in [-0.2, 0) is 0 Å². The molecule has 0 N–H and O–H groups in total. The van der Waals surface area contributed by atoms with E-state index in [9.17, 15) is 10.0 Å². The molecule has 0 radical (unpaired) electrons. The second-order valence-corrected chi connectivity index (χ2v) is 1.72. The molecule has 1 aromatic carbocycles. The molecule has 0 spiro atoms. The Morgan fingerprint density at radius 1 is 1.00 bits per heavy atom. The molecule has 12 heavy (non-hydrogen) atoms. The van der Waals surface area contributed by atoms with Crippen molar-refractivity contribution >= 4 is 7.32 Å². The third-order valence-corrected chi connectivity index (χ3v) is 0.976. The first-order valence-corrected chi connectivity index (χ1v) is 2.82. The molecule has 0 fully saturated rings. The van der Waals surface area contributed by atoms with Crippen molar-refractivity contribution in [2.75, 3.05) is 0 Å². The van der Waals surface area contributed by atoms with Gasteiger partial charge in [0.15, 0.2) is 0 Å². The maximum atomic E-state index is 9.92. The van der Waals surface area contributed by atoms with E-state index in [4.69, 9.17) is 0 Å². The zero-order valence-corrected chi connectivity index (χ0v) is 19.7. The van der Waals surface area contributed by atoms with Gasteiger partial charge in [0.2, 0.25) is 0 Å². The summed E-state index contributed by atoms with van der Waals surface area (Å²) in [6, 6.07) is 8.28. The molecule has 0 heterocycles. The van der Waals surface area contributed by atoms with Crippen LogP contribution in [0.2, 0.25) is 0 Å². The van der Waals surface area contributed by atoms with E-state index in [2.05, 4.69) is 4.65 Å². The van der Waals surface area contributed by atoms with E-state index < -0.39 is 7.32 Å². The summed E-state index contributed by atoms with van der Waals surface area (Å²) >= 11 is 0. The molecule has 0 bridgehead atoms. The van der Waals surface area contributed by atoms with Crippen molar-refractivity contribution in [1.82, 2.24) is 0 Å². The van der Waals surface area contributed by atoms with Gasteiger partial charge in [-0.05, 0) is 12.1 Å². The Morgan fingerprint density at radius 2 is 1.50 bits per heavy atom. The summed E-state index contributed by atoms with van der Waals surface area (Å²) in [5.41, 5.74) is 0. The van der Waals surface area contributed by atoms with Gasteiger partial charge in [-0.3, -0.25) is 0 Å². The first-order chi connectivity index (χ1) is 4.79. The molecule has 0 unspecified atom stereocenters. The molecular weight excluding hydrogens is 397 g/mol. The Bertz CT molecular complexity index is 195. The van der Waals surface area contributed by atoms with Crippen LogP contribution in [0.5, 0.6) is 5.75 Å². The summed E-state index contributed by atoms with van der Waals surface area (Å²) in [6.07, 6.45) is 0. The number of hydrogen-bond donors (Lipinski definition) is 0. The third kappa shape index (κ3) is 8.42. The van der Waals surface area contributed by atoms with Crippen LogP contribution in [0.3, 0.4) is 0 Å². The zero-order chi connectivity index (χ0) is 7.40. The number of benzene rings is 1. The first kappa shape index (κ1) is 17.5. The molecule has 0 aromatic heterocycles. The molecule has 0 saturated heterocycles. The molecule has 0 amide bonds. The Labute approximate surface area is 190 Å². The molecule has 0 aliphatic carbocycles. The monoisotopic (exact) mass is 402 g/mol. The maximum absolute atomic E-state index is 9.92. The van der Waals surface area contributed by atoms with Gasteiger partial charge in [0, 0.05) is 0 Å². The molecule has 0 atom stereocenters. The SMILES string of the molecule is [Cs+].[Cs+].[O-]B([O-])Oc1ccccc1. The largest absolute Gasteiger partial charge is 1.00 e. The summed E-state index contributed by atoms with van der Waals surface area (Å²) in [7, 11) is -2.23. The normalized spacial score (nSPS) is 7.50. The number of rotatable bonds is 2. The first-order valence-electron chi connectivity index (χ1n) is 2.82. The van der Waals surface area contributed by atoms with Gasteiger partial charge in [0.1, 0.15) is 7.32 Å². The molecular formula is C6H5BCs2O3. The van der Waals surface area contributed by atoms with Crippen molar-refractivity contribution in [2.24, 2.45) is 0 Å². The van der Waals surface area contributed by atoms with E-state index in [1.54, 1.807) is 30.3 Å². The van der Waals surface area contributed by atoms with Gasteiger partial charge in [-0.1, -0.05) is 18.2 Å². The van der Waals surface area contributed by atoms with E-state index in [0.717, 1.165) is 0 Å². The molecule has 0 saturated carbocycles. The van der Waals surface area contributed by atoms with Gasteiger partial charge < -0.3 is 14.7 Å². The maximum Gasteiger partial charge on any atom is 1.00 e. The van der Waals surface area contributed by atoms with Gasteiger partial charge >= 0.3 is 138 Å². The van der Waals surface area contributed by atoms with E-state index in [1.807, 2.05) is 0 Å². The third-order valence-electron chi connectivity index (χ3n) is 0.976. The molecule has 0 aliphatic heterocycles. The van der Waals surface area contributed by atoms with Gasteiger partial charge in [-0.2, -0.15) is 0 Å². The Morgan fingerprint density at radius 3 is 1.92 bits per heavy atom. The Balaban J connectivity index is 0. The van der Waals surface area contributed by atoms with E-state index >= 15 is 0 Å². The van der Waals surface area contributed by atoms with Crippen LogP contribution in [0.1, 0.15) is 0 Å². The summed E-state index contributed by atoms with van der Waals surface area (Å²) in [5.74, 6) is 0.317. The minimum atomic E-state index is -2.23. The van der Waals surface area contributed by atoms with Gasteiger partial charge in [-0.15, -0.1) is 0 Å². The Kier molecular flexibility index (Phi) is 15.5. The van der Waals surface area contributed by atoms with Crippen molar-refractivity contribution in [3.8, 4) is 5.75 Å². The topological polar surface area (TPSA) is 55.3 Å². The van der Waals surface area contributed by atoms with Crippen LogP contribution >= 0.6 is 0 Å². The number of para-hydroxylation sites is 1. The van der Waals surface area contributed by atoms with Crippen molar-refractivity contribution in [2.45, 2.75) is 0 Å². The van der Waals surface area contributed by atoms with Gasteiger partial charge in [-0.25, -0.2) is 0 Å². The van der Waals surface area contributed by atoms with Crippen LogP contribution in [0, 0.1) is 0 Å². The van der Waals surface area contributed by atoms with Crippen LogP contribution in [-0.4, -0.2) is 7.32 Å². The predicted molar refractivity (Wildman–Crippen MR) is 32.8 cm³/mol. The second-order valence-electron chi connectivity index (χ2n) is 1.72. The van der Waals surface area contributed by atoms with Gasteiger partial charge in [0.25, 0.3) is 0 Å². The molecule has 1 aromatic rings. The molecule has 6 heteroatoms. The number of hydrogen-bond acceptors (Lipinski definition) is 3. The molecule has 0 aliphatic rings. The summed E-state index contributed by atoms with van der Waals surface area (Å²) in [4.78, 5) is 0. The minimum absolute atomic E-state index is 0. The molecule has 1 rings (SSSR count). The van der Waals surface area contributed by atoms with Crippen molar-refractivity contribution in [3.05, 3.63) is 30.3 Å². The van der Waals surface area contributed by atoms with E-state index in [1.165, 1.54) is 0 Å². The van der Waals surface area contributed by atoms with Crippen molar-refractivity contribution in [1.29, 1.82) is 0 Å². The van der Waals surface area contributed by atoms with Crippen molar-refractivity contribution < 1.29 is 152 Å². The van der Waals surface area contributed by atoms with Crippen LogP contribution in [0.4, 0.5) is 0 Å². The van der Waals surface area contributed by atoms with E-state index in [0.29, 0.717) is 5.75 Å². The standard InChI is InChI=1S/C6H5BO3.2Cs/c8-7(9)10-6-4-2-1-3-5-6;;/h1-5H;;/q-2;2*+1. The predicted octanol–water partition coefficient (Wildman–Crippen LogP) is -7.22. The van der Waals surface area contributed by atoms with Crippen LogP contribution in [0.25, 0.3) is 0 Å². The zero-order valence-electron chi connectivity index (χ0n) is 7.19. The van der Waals surface area contributed by atoms with Crippen molar-refractivity contribution in [3.63, 3.8) is 0 Å². The molecule has 52 valence electrons. The summed E-state index contributed by atoms with van der Waals surface area (Å²) in [5, 5.41) is 19.8. The Hall–Kier alpha value is 3.11. The average Bonchev–Trinajstić information content (AvgIpc) is 1.88. The van der Waals surface area contributed by atoms with Crippen LogP contribution < -0.4 is 152 Å². The fourth-order valence-corrected chi connectivity index (χ4v) is 0.610. The van der Waals surface area contributed by atoms with Gasteiger partial charge in [0.05, 0.1) is 5.75 Å². The summed E-state index contributed by atoms with van der Waals surface area (Å²) < 4.78 is 4.30. The quantitative estimate of drug-likeness (QED) is 0.463. The summed E-state index contributed by atoms with van der Waals surface area (Å²) in [6.45, 7) is 0. The van der Waals surface area contributed by atoms with E-state index in [-0.39, 0.29) is 138 Å². The smallest absolute Gasteiger partial charge is 0.860 e.